The zero-order valence-electron chi connectivity index (χ0n) is 9.09. The number of benzene rings is 1. The Balaban J connectivity index is 2.72. The Labute approximate surface area is 103 Å². The largest absolute Gasteiger partial charge is 0.780 e. The Kier molecular flexibility index (Phi) is 5.02. The lowest BCUT2D eigenvalue weighted by Gasteiger charge is -2.14. The summed E-state index contributed by atoms with van der Waals surface area (Å²) in [6, 6.07) is 4.23. The van der Waals surface area contributed by atoms with Crippen LogP contribution in [0.4, 0.5) is 13.2 Å². The van der Waals surface area contributed by atoms with E-state index in [0.29, 0.717) is 17.9 Å². The molecule has 1 aromatic rings. The van der Waals surface area contributed by atoms with E-state index in [0.717, 1.165) is 18.4 Å². The van der Waals surface area contributed by atoms with E-state index in [1.54, 1.807) is 6.07 Å². The van der Waals surface area contributed by atoms with Gasteiger partial charge in [0.1, 0.15) is 5.75 Å². The molecule has 0 aliphatic rings. The van der Waals surface area contributed by atoms with Gasteiger partial charge in [0, 0.05) is 0 Å². The summed E-state index contributed by atoms with van der Waals surface area (Å²) >= 11 is 4.88. The highest BCUT2D eigenvalue weighted by Crippen LogP contribution is 2.25. The lowest BCUT2D eigenvalue weighted by molar-refractivity contribution is -0.274. The van der Waals surface area contributed by atoms with Gasteiger partial charge in [-0.15, -0.1) is 13.2 Å². The van der Waals surface area contributed by atoms with Gasteiger partial charge in [-0.1, -0.05) is 6.07 Å². The lowest BCUT2D eigenvalue weighted by atomic mass is 10.1. The van der Waals surface area contributed by atoms with Gasteiger partial charge in [-0.3, -0.25) is 0 Å². The second-order valence-corrected chi connectivity index (χ2v) is 4.08. The van der Waals surface area contributed by atoms with Crippen LogP contribution in [-0.2, 0) is 19.0 Å². The smallest absolute Gasteiger partial charge is 0.573 e. The van der Waals surface area contributed by atoms with Crippen molar-refractivity contribution in [2.24, 2.45) is 5.73 Å². The molecule has 0 aliphatic carbocycles. The van der Waals surface area contributed by atoms with Gasteiger partial charge in [0.15, 0.2) is 0 Å². The molecule has 96 valence electrons. The van der Waals surface area contributed by atoms with E-state index in [4.69, 9.17) is 18.4 Å². The second-order valence-electron chi connectivity index (χ2n) is 3.61. The van der Waals surface area contributed by atoms with Crippen molar-refractivity contribution in [1.29, 1.82) is 0 Å². The average Bonchev–Trinajstić information content (AvgIpc) is 2.14. The minimum atomic E-state index is -4.68. The lowest BCUT2D eigenvalue weighted by Crippen LogP contribution is -2.17. The maximum atomic E-state index is 12.0. The van der Waals surface area contributed by atoms with Crippen molar-refractivity contribution in [2.75, 3.05) is 6.54 Å². The van der Waals surface area contributed by atoms with Crippen molar-refractivity contribution in [1.82, 2.24) is 0 Å². The monoisotopic (exact) mass is 264 g/mol. The van der Waals surface area contributed by atoms with Gasteiger partial charge >= 0.3 is 6.36 Å². The van der Waals surface area contributed by atoms with Crippen LogP contribution < -0.4 is 10.5 Å². The quantitative estimate of drug-likeness (QED) is 0.656. The first kappa shape index (κ1) is 14.1. The summed E-state index contributed by atoms with van der Waals surface area (Å²) in [5.41, 5.74) is 6.08. The third-order valence-corrected chi connectivity index (χ3v) is 2.33. The van der Waals surface area contributed by atoms with Crippen LogP contribution in [0.15, 0.2) is 23.1 Å². The first-order valence-electron chi connectivity index (χ1n) is 5.17. The van der Waals surface area contributed by atoms with Crippen molar-refractivity contribution in [3.63, 3.8) is 0 Å². The highest BCUT2D eigenvalue weighted by Gasteiger charge is 2.31. The number of ether oxygens (including phenoxy) is 1. The van der Waals surface area contributed by atoms with E-state index in [2.05, 4.69) is 4.74 Å². The Morgan fingerprint density at radius 1 is 1.18 bits per heavy atom. The van der Waals surface area contributed by atoms with Crippen molar-refractivity contribution >= 4 is 12.6 Å². The van der Waals surface area contributed by atoms with Crippen LogP contribution in [0.1, 0.15) is 18.4 Å². The summed E-state index contributed by atoms with van der Waals surface area (Å²) in [6.07, 6.45) is -2.38. The third-order valence-electron chi connectivity index (χ3n) is 2.09. The molecule has 0 spiro atoms. The number of aryl methyl sites for hydroxylation is 1. The molecule has 0 aliphatic heterocycles. The molecule has 6 heteroatoms. The summed E-state index contributed by atoms with van der Waals surface area (Å²) in [4.78, 5) is 0.342. The Morgan fingerprint density at radius 3 is 2.47 bits per heavy atom. The summed E-state index contributed by atoms with van der Waals surface area (Å²) in [7, 11) is 0. The van der Waals surface area contributed by atoms with Crippen molar-refractivity contribution in [3.05, 3.63) is 23.8 Å². The van der Waals surface area contributed by atoms with E-state index in [1.165, 1.54) is 12.1 Å². The molecule has 0 fully saturated rings. The van der Waals surface area contributed by atoms with Crippen molar-refractivity contribution < 1.29 is 17.9 Å². The molecule has 1 aromatic carbocycles. The average molecular weight is 264 g/mol. The third kappa shape index (κ3) is 5.74. The highest BCUT2D eigenvalue weighted by molar-refractivity contribution is 7.58. The van der Waals surface area contributed by atoms with Gasteiger partial charge in [0.05, 0.1) is 0 Å². The van der Waals surface area contributed by atoms with Crippen LogP contribution in [0, 0.1) is 0 Å². The SMILES string of the molecule is NCCCCc1cc([S-])cc(OC(F)(F)F)c1. The maximum Gasteiger partial charge on any atom is 0.573 e. The van der Waals surface area contributed by atoms with Gasteiger partial charge in [0.25, 0.3) is 0 Å². The van der Waals surface area contributed by atoms with E-state index in [1.807, 2.05) is 0 Å². The van der Waals surface area contributed by atoms with Gasteiger partial charge in [0.2, 0.25) is 0 Å². The normalized spacial score (nSPS) is 11.5. The first-order chi connectivity index (χ1) is 7.90. The van der Waals surface area contributed by atoms with Crippen LogP contribution in [0.25, 0.3) is 0 Å². The molecule has 0 unspecified atom stereocenters. The fraction of sp³-hybridized carbons (Fsp3) is 0.455. The van der Waals surface area contributed by atoms with Gasteiger partial charge in [-0.2, -0.15) is 4.90 Å². The molecule has 1 rings (SSSR count). The van der Waals surface area contributed by atoms with Crippen LogP contribution in [-0.4, -0.2) is 12.9 Å². The van der Waals surface area contributed by atoms with Crippen molar-refractivity contribution in [2.45, 2.75) is 30.5 Å². The molecule has 0 atom stereocenters. The van der Waals surface area contributed by atoms with Crippen LogP contribution >= 0.6 is 0 Å². The number of halogens is 3. The first-order valence-corrected chi connectivity index (χ1v) is 5.58. The Bertz CT molecular complexity index is 368. The molecule has 2 nitrogen and oxygen atoms in total. The molecule has 2 N–H and O–H groups in total. The van der Waals surface area contributed by atoms with Gasteiger partial charge in [-0.25, -0.2) is 0 Å². The minimum Gasteiger partial charge on any atom is -0.780 e. The van der Waals surface area contributed by atoms with Crippen LogP contribution in [0.5, 0.6) is 5.75 Å². The summed E-state index contributed by atoms with van der Waals surface area (Å²) in [5, 5.41) is 0. The number of alkyl halides is 3. The highest BCUT2D eigenvalue weighted by atomic mass is 32.1. The zero-order chi connectivity index (χ0) is 12.9. The molecule has 17 heavy (non-hydrogen) atoms. The maximum absolute atomic E-state index is 12.0. The molecular formula is C11H13F3NOS-. The molecule has 0 radical (unpaired) electrons. The van der Waals surface area contributed by atoms with Crippen LogP contribution in [0.2, 0.25) is 0 Å². The summed E-state index contributed by atoms with van der Waals surface area (Å²) in [5.74, 6) is -0.257. The zero-order valence-corrected chi connectivity index (χ0v) is 9.90. The molecule has 0 aromatic heterocycles. The van der Waals surface area contributed by atoms with Gasteiger partial charge < -0.3 is 23.1 Å². The fourth-order valence-corrected chi connectivity index (χ4v) is 1.71. The summed E-state index contributed by atoms with van der Waals surface area (Å²) in [6.45, 7) is 0.569. The molecule has 0 saturated carbocycles. The predicted molar refractivity (Wildman–Crippen MR) is 60.7 cm³/mol. The molecule has 0 saturated heterocycles. The Morgan fingerprint density at radius 2 is 1.88 bits per heavy atom. The van der Waals surface area contributed by atoms with E-state index in [9.17, 15) is 13.2 Å². The number of rotatable bonds is 5. The molecular weight excluding hydrogens is 251 g/mol. The number of hydrogen-bond donors (Lipinski definition) is 1. The Hall–Kier alpha value is -1.01. The van der Waals surface area contributed by atoms with Crippen molar-refractivity contribution in [3.8, 4) is 5.75 Å². The van der Waals surface area contributed by atoms with Crippen LogP contribution in [0.3, 0.4) is 0 Å². The second kappa shape index (κ2) is 6.07. The van der Waals surface area contributed by atoms with E-state index < -0.39 is 6.36 Å². The van der Waals surface area contributed by atoms with Gasteiger partial charge in [-0.05, 0) is 43.5 Å². The number of hydrogen-bond acceptors (Lipinski definition) is 3. The number of nitrogens with two attached hydrogens (primary N) is 1. The summed E-state index contributed by atoms with van der Waals surface area (Å²) < 4.78 is 40.0. The van der Waals surface area contributed by atoms with E-state index in [-0.39, 0.29) is 5.75 Å². The fourth-order valence-electron chi connectivity index (χ4n) is 1.44. The minimum absolute atomic E-state index is 0.257. The molecule has 0 amide bonds. The topological polar surface area (TPSA) is 35.2 Å². The number of unbranched alkanes of at least 4 members (excludes halogenated alkanes) is 1. The van der Waals surface area contributed by atoms with E-state index >= 15 is 0 Å². The molecule has 0 bridgehead atoms. The molecule has 0 heterocycles. The standard InChI is InChI=1S/C11H14F3NOS/c12-11(13,14)16-9-5-8(3-1-2-4-15)6-10(17)7-9/h5-7,17H,1-4,15H2/p-1. The predicted octanol–water partition coefficient (Wildman–Crippen LogP) is 2.77.